The van der Waals surface area contributed by atoms with E-state index >= 15 is 0 Å². The maximum absolute atomic E-state index is 9.96. The molecule has 2 heterocycles. The molecule has 0 unspecified atom stereocenters. The van der Waals surface area contributed by atoms with Gasteiger partial charge in [0.1, 0.15) is 11.3 Å². The number of aliphatic hydroxyl groups is 1. The van der Waals surface area contributed by atoms with Crippen LogP contribution in [-0.4, -0.2) is 15.3 Å². The fourth-order valence-corrected chi connectivity index (χ4v) is 2.97. The summed E-state index contributed by atoms with van der Waals surface area (Å²) in [6.45, 7) is 3.49. The summed E-state index contributed by atoms with van der Waals surface area (Å²) in [6, 6.07) is 16.4. The predicted molar refractivity (Wildman–Crippen MR) is 82.6 cm³/mol. The first-order valence-electron chi connectivity index (χ1n) is 6.48. The van der Waals surface area contributed by atoms with Crippen molar-refractivity contribution in [1.82, 2.24) is 10.2 Å². The van der Waals surface area contributed by atoms with E-state index in [0.29, 0.717) is 0 Å². The van der Waals surface area contributed by atoms with E-state index in [1.54, 1.807) is 25.2 Å². The minimum absolute atomic E-state index is 0.724. The number of H-pyrrole nitrogens is 1. The summed E-state index contributed by atoms with van der Waals surface area (Å²) in [5.74, 6) is 0. The van der Waals surface area contributed by atoms with Crippen LogP contribution in [0.25, 0.3) is 21.0 Å². The van der Waals surface area contributed by atoms with Crippen LogP contribution in [0.15, 0.2) is 48.5 Å². The Labute approximate surface area is 121 Å². The van der Waals surface area contributed by atoms with Gasteiger partial charge in [0, 0.05) is 4.88 Å². The molecule has 102 valence electrons. The highest BCUT2D eigenvalue weighted by atomic mass is 32.1. The maximum atomic E-state index is 9.96. The Morgan fingerprint density at radius 1 is 1.05 bits per heavy atom. The normalized spacial score (nSPS) is 11.8. The van der Waals surface area contributed by atoms with Gasteiger partial charge in [-0.15, -0.1) is 11.3 Å². The van der Waals surface area contributed by atoms with Crippen LogP contribution in [0.1, 0.15) is 19.5 Å². The highest BCUT2D eigenvalue weighted by Crippen LogP contribution is 2.34. The van der Waals surface area contributed by atoms with Gasteiger partial charge < -0.3 is 5.11 Å². The molecular formula is C16H16N2OS. The van der Waals surface area contributed by atoms with E-state index in [1.165, 1.54) is 10.4 Å². The zero-order chi connectivity index (χ0) is 14.2. The number of nitrogens with one attached hydrogen (secondary N) is 1. The Morgan fingerprint density at radius 2 is 1.75 bits per heavy atom. The summed E-state index contributed by atoms with van der Waals surface area (Å²) in [5, 5.41) is 17.1. The molecule has 2 N–H and O–H groups in total. The lowest BCUT2D eigenvalue weighted by molar-refractivity contribution is 0.0738. The number of aromatic amines is 1. The third-order valence-corrected chi connectivity index (χ3v) is 4.31. The van der Waals surface area contributed by atoms with Crippen LogP contribution < -0.4 is 0 Å². The van der Waals surface area contributed by atoms with Gasteiger partial charge in [-0.25, -0.2) is 0 Å². The van der Waals surface area contributed by atoms with Crippen molar-refractivity contribution in [3.63, 3.8) is 0 Å². The summed E-state index contributed by atoms with van der Waals surface area (Å²) >= 11 is 1.70. The summed E-state index contributed by atoms with van der Waals surface area (Å²) in [5.41, 5.74) is 1.91. The first-order valence-corrected chi connectivity index (χ1v) is 7.29. The SMILES string of the molecule is CC(C)(O)c1cc(-c2ccc(-c3ccccc3)s2)n[nH]1. The molecule has 3 rings (SSSR count). The Balaban J connectivity index is 1.93. The molecule has 1 aromatic carbocycles. The fraction of sp³-hybridized carbons (Fsp3) is 0.188. The second-order valence-corrected chi connectivity index (χ2v) is 6.34. The van der Waals surface area contributed by atoms with Crippen LogP contribution in [0.2, 0.25) is 0 Å². The molecule has 0 bridgehead atoms. The van der Waals surface area contributed by atoms with Crippen molar-refractivity contribution in [3.8, 4) is 21.0 Å². The van der Waals surface area contributed by atoms with Crippen LogP contribution >= 0.6 is 11.3 Å². The summed E-state index contributed by atoms with van der Waals surface area (Å²) < 4.78 is 0. The van der Waals surface area contributed by atoms with Gasteiger partial charge in [-0.3, -0.25) is 5.10 Å². The smallest absolute Gasteiger partial charge is 0.102 e. The van der Waals surface area contributed by atoms with Crippen LogP contribution in [0.4, 0.5) is 0 Å². The van der Waals surface area contributed by atoms with Crippen molar-refractivity contribution in [2.24, 2.45) is 0 Å². The molecule has 3 nitrogen and oxygen atoms in total. The average Bonchev–Trinajstić information content (AvgIpc) is 3.08. The van der Waals surface area contributed by atoms with E-state index in [9.17, 15) is 5.11 Å². The van der Waals surface area contributed by atoms with Gasteiger partial charge in [-0.05, 0) is 37.6 Å². The number of hydrogen-bond donors (Lipinski definition) is 2. The molecule has 0 fully saturated rings. The quantitative estimate of drug-likeness (QED) is 0.762. The zero-order valence-corrected chi connectivity index (χ0v) is 12.2. The highest BCUT2D eigenvalue weighted by molar-refractivity contribution is 7.18. The molecule has 4 heteroatoms. The van der Waals surface area contributed by atoms with Crippen LogP contribution in [0.5, 0.6) is 0 Å². The minimum atomic E-state index is -0.898. The Bertz CT molecular complexity index is 707. The number of rotatable bonds is 3. The van der Waals surface area contributed by atoms with E-state index in [4.69, 9.17) is 0 Å². The minimum Gasteiger partial charge on any atom is -0.384 e. The van der Waals surface area contributed by atoms with Crippen molar-refractivity contribution in [3.05, 3.63) is 54.2 Å². The maximum Gasteiger partial charge on any atom is 0.102 e. The third kappa shape index (κ3) is 2.53. The van der Waals surface area contributed by atoms with E-state index < -0.39 is 5.60 Å². The molecule has 0 aliphatic heterocycles. The Morgan fingerprint density at radius 3 is 2.40 bits per heavy atom. The molecule has 0 aliphatic carbocycles. The van der Waals surface area contributed by atoms with Crippen molar-refractivity contribution >= 4 is 11.3 Å². The lowest BCUT2D eigenvalue weighted by Crippen LogP contribution is -2.15. The van der Waals surface area contributed by atoms with Gasteiger partial charge in [-0.1, -0.05) is 30.3 Å². The summed E-state index contributed by atoms with van der Waals surface area (Å²) in [6.07, 6.45) is 0. The number of thiophene rings is 1. The standard InChI is InChI=1S/C16H16N2OS/c1-16(2,19)15-10-12(17-18-15)14-9-8-13(20-14)11-6-4-3-5-7-11/h3-10,19H,1-2H3,(H,17,18). The second-order valence-electron chi connectivity index (χ2n) is 5.26. The summed E-state index contributed by atoms with van der Waals surface area (Å²) in [7, 11) is 0. The van der Waals surface area contributed by atoms with Crippen LogP contribution in [0, 0.1) is 0 Å². The molecular weight excluding hydrogens is 268 g/mol. The molecule has 0 radical (unpaired) electrons. The van der Waals surface area contributed by atoms with Crippen molar-refractivity contribution < 1.29 is 5.11 Å². The van der Waals surface area contributed by atoms with Gasteiger partial charge in [0.25, 0.3) is 0 Å². The molecule has 0 saturated carbocycles. The molecule has 2 aromatic heterocycles. The van der Waals surface area contributed by atoms with E-state index in [0.717, 1.165) is 16.3 Å². The van der Waals surface area contributed by atoms with Crippen molar-refractivity contribution in [2.75, 3.05) is 0 Å². The van der Waals surface area contributed by atoms with Gasteiger partial charge in [0.15, 0.2) is 0 Å². The highest BCUT2D eigenvalue weighted by Gasteiger charge is 2.19. The van der Waals surface area contributed by atoms with Gasteiger partial charge in [0.2, 0.25) is 0 Å². The van der Waals surface area contributed by atoms with Gasteiger partial charge >= 0.3 is 0 Å². The van der Waals surface area contributed by atoms with E-state index in [-0.39, 0.29) is 0 Å². The first kappa shape index (κ1) is 13.1. The molecule has 20 heavy (non-hydrogen) atoms. The zero-order valence-electron chi connectivity index (χ0n) is 11.4. The van der Waals surface area contributed by atoms with Crippen molar-refractivity contribution in [1.29, 1.82) is 0 Å². The fourth-order valence-electron chi connectivity index (χ4n) is 1.99. The predicted octanol–water partition coefficient (Wildman–Crippen LogP) is 4.03. The summed E-state index contributed by atoms with van der Waals surface area (Å²) in [4.78, 5) is 2.31. The van der Waals surface area contributed by atoms with Crippen LogP contribution in [-0.2, 0) is 5.60 Å². The first-order chi connectivity index (χ1) is 9.54. The molecule has 0 spiro atoms. The lowest BCUT2D eigenvalue weighted by atomic mass is 10.1. The molecule has 0 amide bonds. The van der Waals surface area contributed by atoms with Crippen LogP contribution in [0.3, 0.4) is 0 Å². The van der Waals surface area contributed by atoms with Gasteiger partial charge in [0.05, 0.1) is 10.6 Å². The second kappa shape index (κ2) is 4.89. The Kier molecular flexibility index (Phi) is 3.20. The molecule has 0 aliphatic rings. The van der Waals surface area contributed by atoms with E-state index in [1.807, 2.05) is 24.3 Å². The van der Waals surface area contributed by atoms with Crippen molar-refractivity contribution in [2.45, 2.75) is 19.4 Å². The monoisotopic (exact) mass is 284 g/mol. The molecule has 3 aromatic rings. The topological polar surface area (TPSA) is 48.9 Å². The lowest BCUT2D eigenvalue weighted by Gasteiger charge is -2.13. The van der Waals surface area contributed by atoms with Gasteiger partial charge in [-0.2, -0.15) is 5.10 Å². The largest absolute Gasteiger partial charge is 0.384 e. The number of aromatic nitrogens is 2. The average molecular weight is 284 g/mol. The van der Waals surface area contributed by atoms with E-state index in [2.05, 4.69) is 34.5 Å². The number of hydrogen-bond acceptors (Lipinski definition) is 3. The Hall–Kier alpha value is -1.91. The third-order valence-electron chi connectivity index (χ3n) is 3.15. The number of nitrogens with zero attached hydrogens (tertiary/aromatic N) is 1. The molecule has 0 saturated heterocycles. The molecule has 0 atom stereocenters. The number of benzene rings is 1.